The van der Waals surface area contributed by atoms with Crippen molar-refractivity contribution in [3.05, 3.63) is 21.9 Å². The van der Waals surface area contributed by atoms with E-state index < -0.39 is 0 Å². The number of nitrogens with two attached hydrogens (primary N) is 1. The minimum absolute atomic E-state index is 0.805. The lowest BCUT2D eigenvalue weighted by atomic mass is 10.2. The van der Waals surface area contributed by atoms with Crippen LogP contribution in [0.3, 0.4) is 0 Å². The molecule has 0 aliphatic rings. The van der Waals surface area contributed by atoms with Crippen LogP contribution in [-0.4, -0.2) is 13.1 Å². The zero-order valence-electron chi connectivity index (χ0n) is 8.18. The zero-order valence-corrected chi connectivity index (χ0v) is 8.99. The molecule has 0 aliphatic carbocycles. The molecule has 74 valence electrons. The van der Waals surface area contributed by atoms with Gasteiger partial charge < -0.3 is 11.1 Å². The first-order valence-corrected chi connectivity index (χ1v) is 5.71. The third-order valence-electron chi connectivity index (χ3n) is 2.08. The molecule has 0 saturated carbocycles. The molecule has 13 heavy (non-hydrogen) atoms. The Balaban J connectivity index is 2.10. The molecule has 1 aromatic rings. The van der Waals surface area contributed by atoms with Gasteiger partial charge in [-0.1, -0.05) is 0 Å². The van der Waals surface area contributed by atoms with E-state index in [1.807, 2.05) is 0 Å². The van der Waals surface area contributed by atoms with Crippen LogP contribution in [-0.2, 0) is 6.54 Å². The first-order chi connectivity index (χ1) is 6.34. The average Bonchev–Trinajstić information content (AvgIpc) is 2.52. The fourth-order valence-electron chi connectivity index (χ4n) is 1.19. The summed E-state index contributed by atoms with van der Waals surface area (Å²) in [5, 5.41) is 7.82. The summed E-state index contributed by atoms with van der Waals surface area (Å²) in [5.74, 6) is 0. The van der Waals surface area contributed by atoms with E-state index in [9.17, 15) is 0 Å². The van der Waals surface area contributed by atoms with Crippen molar-refractivity contribution in [1.82, 2.24) is 5.32 Å². The van der Waals surface area contributed by atoms with E-state index in [0.29, 0.717) is 0 Å². The molecule has 0 fully saturated rings. The number of unbranched alkanes of at least 4 members (excludes halogenated alkanes) is 1. The van der Waals surface area contributed by atoms with E-state index in [-0.39, 0.29) is 0 Å². The SMILES string of the molecule is Cc1cscc1CNCCCCN. The van der Waals surface area contributed by atoms with Gasteiger partial charge in [-0.3, -0.25) is 0 Å². The molecule has 0 amide bonds. The van der Waals surface area contributed by atoms with Crippen molar-refractivity contribution in [2.75, 3.05) is 13.1 Å². The molecule has 0 unspecified atom stereocenters. The summed E-state index contributed by atoms with van der Waals surface area (Å²) in [7, 11) is 0. The predicted molar refractivity (Wildman–Crippen MR) is 59.1 cm³/mol. The molecule has 1 aromatic heterocycles. The molecule has 2 nitrogen and oxygen atoms in total. The normalized spacial score (nSPS) is 10.6. The van der Waals surface area contributed by atoms with Gasteiger partial charge in [0.1, 0.15) is 0 Å². The molecule has 0 saturated heterocycles. The Morgan fingerprint density at radius 3 is 2.85 bits per heavy atom. The second-order valence-corrected chi connectivity index (χ2v) is 4.00. The summed E-state index contributed by atoms with van der Waals surface area (Å²) < 4.78 is 0. The van der Waals surface area contributed by atoms with Crippen molar-refractivity contribution in [2.24, 2.45) is 5.73 Å². The minimum Gasteiger partial charge on any atom is -0.330 e. The molecule has 1 rings (SSSR count). The molecule has 0 aliphatic heterocycles. The van der Waals surface area contributed by atoms with Gasteiger partial charge in [-0.05, 0) is 54.7 Å². The van der Waals surface area contributed by atoms with Gasteiger partial charge in [-0.25, -0.2) is 0 Å². The molecule has 0 spiro atoms. The molecule has 0 bridgehead atoms. The Hall–Kier alpha value is -0.380. The highest BCUT2D eigenvalue weighted by atomic mass is 32.1. The fourth-order valence-corrected chi connectivity index (χ4v) is 2.04. The Morgan fingerprint density at radius 1 is 1.38 bits per heavy atom. The number of aryl methyl sites for hydroxylation is 1. The van der Waals surface area contributed by atoms with E-state index in [1.165, 1.54) is 17.5 Å². The topological polar surface area (TPSA) is 38.0 Å². The fraction of sp³-hybridized carbons (Fsp3) is 0.600. The van der Waals surface area contributed by atoms with E-state index in [1.54, 1.807) is 11.3 Å². The Kier molecular flexibility index (Phi) is 5.05. The van der Waals surface area contributed by atoms with Crippen LogP contribution < -0.4 is 11.1 Å². The quantitative estimate of drug-likeness (QED) is 0.685. The third-order valence-corrected chi connectivity index (χ3v) is 2.99. The number of nitrogens with one attached hydrogen (secondary N) is 1. The van der Waals surface area contributed by atoms with Gasteiger partial charge in [-0.15, -0.1) is 0 Å². The maximum absolute atomic E-state index is 5.40. The van der Waals surface area contributed by atoms with Crippen LogP contribution in [0.1, 0.15) is 24.0 Å². The Bertz CT molecular complexity index is 233. The first kappa shape index (κ1) is 10.7. The number of rotatable bonds is 6. The standard InChI is InChI=1S/C10H18N2S/c1-9-7-13-8-10(9)6-12-5-3-2-4-11/h7-8,12H,2-6,11H2,1H3. The molecule has 3 heteroatoms. The highest BCUT2D eigenvalue weighted by Gasteiger charge is 1.97. The lowest BCUT2D eigenvalue weighted by molar-refractivity contribution is 0.627. The number of hydrogen-bond donors (Lipinski definition) is 2. The van der Waals surface area contributed by atoms with Gasteiger partial charge in [0.05, 0.1) is 0 Å². The van der Waals surface area contributed by atoms with Crippen LogP contribution in [0, 0.1) is 6.92 Å². The van der Waals surface area contributed by atoms with E-state index >= 15 is 0 Å². The first-order valence-electron chi connectivity index (χ1n) is 4.77. The lowest BCUT2D eigenvalue weighted by Gasteiger charge is -2.03. The second kappa shape index (κ2) is 6.13. The van der Waals surface area contributed by atoms with Crippen LogP contribution in [0.4, 0.5) is 0 Å². The largest absolute Gasteiger partial charge is 0.330 e. The molecule has 0 radical (unpaired) electrons. The van der Waals surface area contributed by atoms with Crippen LogP contribution in [0.5, 0.6) is 0 Å². The van der Waals surface area contributed by atoms with Crippen molar-refractivity contribution >= 4 is 11.3 Å². The molecule has 1 heterocycles. The van der Waals surface area contributed by atoms with Crippen molar-refractivity contribution < 1.29 is 0 Å². The average molecular weight is 198 g/mol. The second-order valence-electron chi connectivity index (χ2n) is 3.25. The maximum atomic E-state index is 5.40. The van der Waals surface area contributed by atoms with Crippen LogP contribution in [0.2, 0.25) is 0 Å². The molecular weight excluding hydrogens is 180 g/mol. The van der Waals surface area contributed by atoms with E-state index in [2.05, 4.69) is 23.0 Å². The van der Waals surface area contributed by atoms with Gasteiger partial charge in [0.2, 0.25) is 0 Å². The van der Waals surface area contributed by atoms with Gasteiger partial charge >= 0.3 is 0 Å². The maximum Gasteiger partial charge on any atom is 0.0216 e. The summed E-state index contributed by atoms with van der Waals surface area (Å²) in [6.07, 6.45) is 2.30. The summed E-state index contributed by atoms with van der Waals surface area (Å²) in [5.41, 5.74) is 8.23. The summed E-state index contributed by atoms with van der Waals surface area (Å²) in [4.78, 5) is 0. The van der Waals surface area contributed by atoms with Gasteiger partial charge in [0.15, 0.2) is 0 Å². The lowest BCUT2D eigenvalue weighted by Crippen LogP contribution is -2.15. The summed E-state index contributed by atoms with van der Waals surface area (Å²) in [6, 6.07) is 0. The smallest absolute Gasteiger partial charge is 0.0216 e. The Morgan fingerprint density at radius 2 is 2.23 bits per heavy atom. The van der Waals surface area contributed by atoms with E-state index in [0.717, 1.165) is 26.1 Å². The van der Waals surface area contributed by atoms with Gasteiger partial charge in [0, 0.05) is 6.54 Å². The van der Waals surface area contributed by atoms with E-state index in [4.69, 9.17) is 5.73 Å². The predicted octanol–water partition coefficient (Wildman–Crippen LogP) is 1.89. The van der Waals surface area contributed by atoms with Crippen LogP contribution in [0.15, 0.2) is 10.8 Å². The summed E-state index contributed by atoms with van der Waals surface area (Å²) >= 11 is 1.77. The third kappa shape index (κ3) is 3.89. The van der Waals surface area contributed by atoms with Gasteiger partial charge in [0.25, 0.3) is 0 Å². The van der Waals surface area contributed by atoms with Gasteiger partial charge in [-0.2, -0.15) is 11.3 Å². The van der Waals surface area contributed by atoms with Crippen molar-refractivity contribution in [1.29, 1.82) is 0 Å². The highest BCUT2D eigenvalue weighted by Crippen LogP contribution is 2.12. The minimum atomic E-state index is 0.805. The molecule has 3 N–H and O–H groups in total. The number of hydrogen-bond acceptors (Lipinski definition) is 3. The van der Waals surface area contributed by atoms with Crippen LogP contribution in [0.25, 0.3) is 0 Å². The van der Waals surface area contributed by atoms with Crippen molar-refractivity contribution in [3.63, 3.8) is 0 Å². The number of thiophene rings is 1. The molecule has 0 aromatic carbocycles. The molecular formula is C10H18N2S. The monoisotopic (exact) mass is 198 g/mol. The molecule has 0 atom stereocenters. The van der Waals surface area contributed by atoms with Crippen molar-refractivity contribution in [3.8, 4) is 0 Å². The highest BCUT2D eigenvalue weighted by molar-refractivity contribution is 7.08. The summed E-state index contributed by atoms with van der Waals surface area (Å²) in [6.45, 7) is 5.04. The van der Waals surface area contributed by atoms with Crippen molar-refractivity contribution in [2.45, 2.75) is 26.3 Å². The zero-order chi connectivity index (χ0) is 9.52. The van der Waals surface area contributed by atoms with Crippen LogP contribution >= 0.6 is 11.3 Å². The Labute approximate surface area is 84.2 Å².